The number of unbranched alkanes of at least 4 members (excludes halogenated alkanes) is 2. The van der Waals surface area contributed by atoms with Crippen LogP contribution in [0.3, 0.4) is 0 Å². The van der Waals surface area contributed by atoms with E-state index in [0.29, 0.717) is 5.88 Å². The SMILES string of the molecule is CCCCN(CCCC)c1cc(F)cc(CCl)c1. The fourth-order valence-electron chi connectivity index (χ4n) is 1.96. The first-order valence-electron chi connectivity index (χ1n) is 6.81. The third kappa shape index (κ3) is 4.85. The van der Waals surface area contributed by atoms with Crippen LogP contribution < -0.4 is 4.90 Å². The van der Waals surface area contributed by atoms with Crippen LogP contribution in [0.5, 0.6) is 0 Å². The van der Waals surface area contributed by atoms with Crippen LogP contribution in [0, 0.1) is 5.82 Å². The number of hydrogen-bond donors (Lipinski definition) is 0. The van der Waals surface area contributed by atoms with E-state index in [1.807, 2.05) is 6.07 Å². The van der Waals surface area contributed by atoms with Crippen molar-refractivity contribution in [3.63, 3.8) is 0 Å². The van der Waals surface area contributed by atoms with Crippen LogP contribution >= 0.6 is 11.6 Å². The highest BCUT2D eigenvalue weighted by Crippen LogP contribution is 2.21. The molecular weight excluding hydrogens is 249 g/mol. The van der Waals surface area contributed by atoms with Gasteiger partial charge in [0.25, 0.3) is 0 Å². The second-order valence-electron chi connectivity index (χ2n) is 4.65. The number of alkyl halides is 1. The van der Waals surface area contributed by atoms with Gasteiger partial charge < -0.3 is 4.90 Å². The van der Waals surface area contributed by atoms with E-state index in [9.17, 15) is 4.39 Å². The molecule has 102 valence electrons. The predicted molar refractivity (Wildman–Crippen MR) is 78.0 cm³/mol. The van der Waals surface area contributed by atoms with Crippen molar-refractivity contribution in [3.8, 4) is 0 Å². The van der Waals surface area contributed by atoms with E-state index in [2.05, 4.69) is 18.7 Å². The summed E-state index contributed by atoms with van der Waals surface area (Å²) in [5.41, 5.74) is 1.82. The summed E-state index contributed by atoms with van der Waals surface area (Å²) in [6.45, 7) is 6.32. The van der Waals surface area contributed by atoms with Gasteiger partial charge in [-0.2, -0.15) is 0 Å². The van der Waals surface area contributed by atoms with Gasteiger partial charge in [-0.1, -0.05) is 26.7 Å². The molecule has 0 bridgehead atoms. The monoisotopic (exact) mass is 271 g/mol. The molecule has 0 aliphatic heterocycles. The third-order valence-corrected chi connectivity index (χ3v) is 3.33. The number of halogens is 2. The van der Waals surface area contributed by atoms with Crippen molar-refractivity contribution in [2.24, 2.45) is 0 Å². The molecule has 0 saturated carbocycles. The molecule has 0 aliphatic carbocycles. The van der Waals surface area contributed by atoms with Gasteiger partial charge in [0.1, 0.15) is 5.82 Å². The zero-order valence-corrected chi connectivity index (χ0v) is 12.1. The van der Waals surface area contributed by atoms with Crippen molar-refractivity contribution in [2.45, 2.75) is 45.4 Å². The van der Waals surface area contributed by atoms with Crippen LogP contribution in [0.2, 0.25) is 0 Å². The molecule has 1 aromatic rings. The Bertz CT molecular complexity index is 346. The fourth-order valence-corrected chi connectivity index (χ4v) is 2.12. The zero-order chi connectivity index (χ0) is 13.4. The standard InChI is InChI=1S/C15H23ClFN/c1-3-5-7-18(8-6-4-2)15-10-13(12-16)9-14(17)11-15/h9-11H,3-8,12H2,1-2H3. The minimum absolute atomic E-state index is 0.193. The summed E-state index contributed by atoms with van der Waals surface area (Å²) in [5.74, 6) is 0.168. The van der Waals surface area contributed by atoms with Crippen molar-refractivity contribution in [3.05, 3.63) is 29.6 Å². The van der Waals surface area contributed by atoms with Gasteiger partial charge in [0.15, 0.2) is 0 Å². The quantitative estimate of drug-likeness (QED) is 0.603. The van der Waals surface area contributed by atoms with Crippen molar-refractivity contribution in [1.82, 2.24) is 0 Å². The highest BCUT2D eigenvalue weighted by molar-refractivity contribution is 6.17. The Morgan fingerprint density at radius 2 is 1.67 bits per heavy atom. The number of benzene rings is 1. The third-order valence-electron chi connectivity index (χ3n) is 3.02. The average Bonchev–Trinajstić information content (AvgIpc) is 2.38. The lowest BCUT2D eigenvalue weighted by molar-refractivity contribution is 0.622. The Labute approximate surface area is 115 Å². The van der Waals surface area contributed by atoms with E-state index in [1.165, 1.54) is 6.07 Å². The van der Waals surface area contributed by atoms with Gasteiger partial charge in [0, 0.05) is 24.7 Å². The molecule has 0 radical (unpaired) electrons. The van der Waals surface area contributed by atoms with E-state index in [1.54, 1.807) is 6.07 Å². The second kappa shape index (κ2) is 8.36. The number of rotatable bonds is 8. The first kappa shape index (κ1) is 15.3. The molecule has 1 aromatic carbocycles. The molecule has 0 fully saturated rings. The number of anilines is 1. The van der Waals surface area contributed by atoms with Crippen LogP contribution in [0.4, 0.5) is 10.1 Å². The maximum absolute atomic E-state index is 13.5. The zero-order valence-electron chi connectivity index (χ0n) is 11.4. The predicted octanol–water partition coefficient (Wildman–Crippen LogP) is 4.97. The summed E-state index contributed by atoms with van der Waals surface area (Å²) in [5, 5.41) is 0. The molecule has 0 aliphatic rings. The summed E-state index contributed by atoms with van der Waals surface area (Å²) in [6, 6.07) is 5.12. The van der Waals surface area contributed by atoms with Crippen LogP contribution in [-0.4, -0.2) is 13.1 Å². The molecule has 0 spiro atoms. The highest BCUT2D eigenvalue weighted by atomic mass is 35.5. The molecule has 3 heteroatoms. The molecule has 0 saturated heterocycles. The van der Waals surface area contributed by atoms with Crippen LogP contribution in [0.25, 0.3) is 0 Å². The largest absolute Gasteiger partial charge is 0.371 e. The van der Waals surface area contributed by atoms with Gasteiger partial charge in [0.2, 0.25) is 0 Å². The van der Waals surface area contributed by atoms with Gasteiger partial charge in [-0.05, 0) is 36.6 Å². The summed E-state index contributed by atoms with van der Waals surface area (Å²) < 4.78 is 13.5. The normalized spacial score (nSPS) is 10.7. The van der Waals surface area contributed by atoms with Crippen LogP contribution in [0.1, 0.15) is 45.1 Å². The van der Waals surface area contributed by atoms with E-state index >= 15 is 0 Å². The molecule has 0 N–H and O–H groups in total. The van der Waals surface area contributed by atoms with Gasteiger partial charge in [-0.15, -0.1) is 11.6 Å². The van der Waals surface area contributed by atoms with E-state index in [-0.39, 0.29) is 5.82 Å². The van der Waals surface area contributed by atoms with E-state index in [0.717, 1.165) is 50.0 Å². The fraction of sp³-hybridized carbons (Fsp3) is 0.600. The Kier molecular flexibility index (Phi) is 7.11. The van der Waals surface area contributed by atoms with E-state index < -0.39 is 0 Å². The minimum atomic E-state index is -0.193. The van der Waals surface area contributed by atoms with Gasteiger partial charge in [-0.3, -0.25) is 0 Å². The molecule has 0 amide bonds. The highest BCUT2D eigenvalue weighted by Gasteiger charge is 2.08. The van der Waals surface area contributed by atoms with Gasteiger partial charge in [0.05, 0.1) is 0 Å². The molecule has 0 heterocycles. The Hall–Kier alpha value is -0.760. The van der Waals surface area contributed by atoms with Crippen molar-refractivity contribution >= 4 is 17.3 Å². The summed E-state index contributed by atoms with van der Waals surface area (Å²) in [7, 11) is 0. The Morgan fingerprint density at radius 1 is 1.06 bits per heavy atom. The maximum Gasteiger partial charge on any atom is 0.125 e. The molecular formula is C15H23ClFN. The second-order valence-corrected chi connectivity index (χ2v) is 4.91. The molecule has 1 rings (SSSR count). The summed E-state index contributed by atoms with van der Waals surface area (Å²) in [6.07, 6.45) is 4.58. The minimum Gasteiger partial charge on any atom is -0.371 e. The number of nitrogens with zero attached hydrogens (tertiary/aromatic N) is 1. The number of hydrogen-bond acceptors (Lipinski definition) is 1. The Balaban J connectivity index is 2.84. The van der Waals surface area contributed by atoms with Crippen molar-refractivity contribution < 1.29 is 4.39 Å². The molecule has 0 atom stereocenters. The Morgan fingerprint density at radius 3 is 2.17 bits per heavy atom. The molecule has 0 unspecified atom stereocenters. The maximum atomic E-state index is 13.5. The van der Waals surface area contributed by atoms with Crippen LogP contribution in [0.15, 0.2) is 18.2 Å². The lowest BCUT2D eigenvalue weighted by atomic mass is 10.1. The summed E-state index contributed by atoms with van der Waals surface area (Å²) in [4.78, 5) is 2.27. The molecule has 1 nitrogen and oxygen atoms in total. The summed E-state index contributed by atoms with van der Waals surface area (Å²) >= 11 is 5.80. The van der Waals surface area contributed by atoms with Gasteiger partial charge >= 0.3 is 0 Å². The van der Waals surface area contributed by atoms with Crippen molar-refractivity contribution in [1.29, 1.82) is 0 Å². The first-order chi connectivity index (χ1) is 8.71. The van der Waals surface area contributed by atoms with Gasteiger partial charge in [-0.25, -0.2) is 4.39 Å². The van der Waals surface area contributed by atoms with Crippen molar-refractivity contribution in [2.75, 3.05) is 18.0 Å². The van der Waals surface area contributed by atoms with E-state index in [4.69, 9.17) is 11.6 Å². The first-order valence-corrected chi connectivity index (χ1v) is 7.35. The molecule has 18 heavy (non-hydrogen) atoms. The smallest absolute Gasteiger partial charge is 0.125 e. The molecule has 0 aromatic heterocycles. The lowest BCUT2D eigenvalue weighted by Crippen LogP contribution is -2.25. The lowest BCUT2D eigenvalue weighted by Gasteiger charge is -2.25. The topological polar surface area (TPSA) is 3.24 Å². The van der Waals surface area contributed by atoms with Crippen LogP contribution in [-0.2, 0) is 5.88 Å². The average molecular weight is 272 g/mol.